The van der Waals surface area contributed by atoms with Crippen molar-refractivity contribution in [3.05, 3.63) is 29.3 Å². The van der Waals surface area contributed by atoms with Crippen LogP contribution in [0.3, 0.4) is 0 Å². The van der Waals surface area contributed by atoms with Crippen molar-refractivity contribution in [3.8, 4) is 5.75 Å². The average molecular weight is 206 g/mol. The summed E-state index contributed by atoms with van der Waals surface area (Å²) >= 11 is 0. The van der Waals surface area contributed by atoms with Crippen molar-refractivity contribution in [3.63, 3.8) is 0 Å². The van der Waals surface area contributed by atoms with Gasteiger partial charge in [-0.1, -0.05) is 32.9 Å². The van der Waals surface area contributed by atoms with Gasteiger partial charge in [-0.2, -0.15) is 0 Å². The van der Waals surface area contributed by atoms with E-state index in [0.717, 1.165) is 12.0 Å². The highest BCUT2D eigenvalue weighted by atomic mass is 16.3. The van der Waals surface area contributed by atoms with Gasteiger partial charge in [0.15, 0.2) is 5.78 Å². The summed E-state index contributed by atoms with van der Waals surface area (Å²) in [4.78, 5) is 11.8. The second-order valence-electron chi connectivity index (χ2n) is 4.19. The van der Waals surface area contributed by atoms with Crippen LogP contribution in [0.25, 0.3) is 0 Å². The smallest absolute Gasteiger partial charge is 0.166 e. The maximum absolute atomic E-state index is 11.8. The molecule has 1 aromatic carbocycles. The SMILES string of the molecule is CCc1cccc(C(=O)CC(C)C)c1O. The lowest BCUT2D eigenvalue weighted by Gasteiger charge is -2.08. The molecule has 0 aromatic heterocycles. The minimum atomic E-state index is 0.0257. The number of rotatable bonds is 4. The monoisotopic (exact) mass is 206 g/mol. The van der Waals surface area contributed by atoms with E-state index in [4.69, 9.17) is 0 Å². The Morgan fingerprint density at radius 2 is 2.07 bits per heavy atom. The molecule has 0 radical (unpaired) electrons. The molecule has 1 N–H and O–H groups in total. The molecule has 0 saturated carbocycles. The third kappa shape index (κ3) is 2.82. The number of ketones is 1. The molecule has 0 unspecified atom stereocenters. The van der Waals surface area contributed by atoms with Crippen molar-refractivity contribution in [2.45, 2.75) is 33.6 Å². The summed E-state index contributed by atoms with van der Waals surface area (Å²) in [5, 5.41) is 9.85. The first-order chi connectivity index (χ1) is 7.06. The molecule has 0 bridgehead atoms. The third-order valence-corrected chi connectivity index (χ3v) is 2.39. The molecule has 1 rings (SSSR count). The van der Waals surface area contributed by atoms with Crippen LogP contribution in [0, 0.1) is 5.92 Å². The van der Waals surface area contributed by atoms with Gasteiger partial charge in [0.05, 0.1) is 5.56 Å². The van der Waals surface area contributed by atoms with E-state index in [1.807, 2.05) is 32.9 Å². The first kappa shape index (κ1) is 11.8. The van der Waals surface area contributed by atoms with E-state index < -0.39 is 0 Å². The summed E-state index contributed by atoms with van der Waals surface area (Å²) in [6, 6.07) is 5.37. The van der Waals surface area contributed by atoms with Gasteiger partial charge >= 0.3 is 0 Å². The molecule has 0 aliphatic rings. The van der Waals surface area contributed by atoms with Gasteiger partial charge < -0.3 is 5.11 Å². The Labute approximate surface area is 90.9 Å². The number of aryl methyl sites for hydroxylation is 1. The highest BCUT2D eigenvalue weighted by Crippen LogP contribution is 2.24. The highest BCUT2D eigenvalue weighted by Gasteiger charge is 2.14. The lowest BCUT2D eigenvalue weighted by atomic mass is 9.98. The lowest BCUT2D eigenvalue weighted by molar-refractivity contribution is 0.0965. The third-order valence-electron chi connectivity index (χ3n) is 2.39. The quantitative estimate of drug-likeness (QED) is 0.768. The van der Waals surface area contributed by atoms with E-state index in [9.17, 15) is 9.90 Å². The van der Waals surface area contributed by atoms with Crippen molar-refractivity contribution in [1.82, 2.24) is 0 Å². The minimum Gasteiger partial charge on any atom is -0.507 e. The predicted molar refractivity (Wildman–Crippen MR) is 61.3 cm³/mol. The van der Waals surface area contributed by atoms with E-state index in [-0.39, 0.29) is 11.5 Å². The fourth-order valence-corrected chi connectivity index (χ4v) is 1.58. The first-order valence-corrected chi connectivity index (χ1v) is 5.40. The van der Waals surface area contributed by atoms with Crippen molar-refractivity contribution in [2.75, 3.05) is 0 Å². The zero-order valence-electron chi connectivity index (χ0n) is 9.58. The predicted octanol–water partition coefficient (Wildman–Crippen LogP) is 3.18. The number of carbonyl (C=O) groups is 1. The van der Waals surface area contributed by atoms with Crippen LogP contribution in [0.15, 0.2) is 18.2 Å². The molecule has 15 heavy (non-hydrogen) atoms. The summed E-state index contributed by atoms with van der Waals surface area (Å²) in [6.45, 7) is 5.96. The molecule has 2 nitrogen and oxygen atoms in total. The summed E-state index contributed by atoms with van der Waals surface area (Å²) < 4.78 is 0. The van der Waals surface area contributed by atoms with Crippen LogP contribution >= 0.6 is 0 Å². The molecule has 0 aliphatic carbocycles. The molecule has 1 aromatic rings. The van der Waals surface area contributed by atoms with Crippen molar-refractivity contribution in [1.29, 1.82) is 0 Å². The molecular formula is C13H18O2. The van der Waals surface area contributed by atoms with Gasteiger partial charge in [-0.25, -0.2) is 0 Å². The average Bonchev–Trinajstić information content (AvgIpc) is 2.17. The number of phenols is 1. The Kier molecular flexibility index (Phi) is 3.89. The number of carbonyl (C=O) groups excluding carboxylic acids is 1. The lowest BCUT2D eigenvalue weighted by Crippen LogP contribution is -2.04. The number of hydrogen-bond acceptors (Lipinski definition) is 2. The van der Waals surface area contributed by atoms with E-state index in [1.165, 1.54) is 0 Å². The van der Waals surface area contributed by atoms with E-state index >= 15 is 0 Å². The summed E-state index contributed by atoms with van der Waals surface area (Å²) in [6.07, 6.45) is 1.23. The Hall–Kier alpha value is -1.31. The van der Waals surface area contributed by atoms with Gasteiger partial charge in [-0.3, -0.25) is 4.79 Å². The fraction of sp³-hybridized carbons (Fsp3) is 0.462. The Morgan fingerprint density at radius 3 is 2.60 bits per heavy atom. The standard InChI is InChI=1S/C13H18O2/c1-4-10-6-5-7-11(13(10)15)12(14)8-9(2)3/h5-7,9,15H,4,8H2,1-3H3. The van der Waals surface area contributed by atoms with Crippen LogP contribution in [0.2, 0.25) is 0 Å². The zero-order valence-corrected chi connectivity index (χ0v) is 9.58. The summed E-state index contributed by atoms with van der Waals surface area (Å²) in [7, 11) is 0. The van der Waals surface area contributed by atoms with Crippen molar-refractivity contribution < 1.29 is 9.90 Å². The van der Waals surface area contributed by atoms with Crippen molar-refractivity contribution in [2.24, 2.45) is 5.92 Å². The number of phenolic OH excluding ortho intramolecular Hbond substituents is 1. The second kappa shape index (κ2) is 4.96. The van der Waals surface area contributed by atoms with E-state index in [0.29, 0.717) is 17.9 Å². The molecule has 0 spiro atoms. The Morgan fingerprint density at radius 1 is 1.40 bits per heavy atom. The molecule has 0 aliphatic heterocycles. The van der Waals surface area contributed by atoms with E-state index in [1.54, 1.807) is 6.07 Å². The second-order valence-corrected chi connectivity index (χ2v) is 4.19. The Balaban J connectivity index is 2.99. The van der Waals surface area contributed by atoms with Gasteiger partial charge in [0.2, 0.25) is 0 Å². The zero-order chi connectivity index (χ0) is 11.4. The number of para-hydroxylation sites is 1. The van der Waals surface area contributed by atoms with Gasteiger partial charge in [0, 0.05) is 6.42 Å². The van der Waals surface area contributed by atoms with Crippen molar-refractivity contribution >= 4 is 5.78 Å². The maximum atomic E-state index is 11.8. The van der Waals surface area contributed by atoms with Gasteiger partial charge in [-0.05, 0) is 24.0 Å². The highest BCUT2D eigenvalue weighted by molar-refractivity contribution is 5.99. The molecule has 0 amide bonds. The largest absolute Gasteiger partial charge is 0.507 e. The number of hydrogen-bond donors (Lipinski definition) is 1. The molecule has 0 saturated heterocycles. The minimum absolute atomic E-state index is 0.0257. The van der Waals surface area contributed by atoms with Gasteiger partial charge in [0.25, 0.3) is 0 Å². The molecular weight excluding hydrogens is 188 g/mol. The van der Waals surface area contributed by atoms with Crippen LogP contribution < -0.4 is 0 Å². The molecule has 2 heteroatoms. The number of aromatic hydroxyl groups is 1. The topological polar surface area (TPSA) is 37.3 Å². The number of benzene rings is 1. The van der Waals surface area contributed by atoms with E-state index in [2.05, 4.69) is 0 Å². The maximum Gasteiger partial charge on any atom is 0.166 e. The fourth-order valence-electron chi connectivity index (χ4n) is 1.58. The summed E-state index contributed by atoms with van der Waals surface area (Å²) in [5.41, 5.74) is 1.30. The van der Waals surface area contributed by atoms with Crippen LogP contribution in [0.4, 0.5) is 0 Å². The van der Waals surface area contributed by atoms with Crippen LogP contribution in [-0.4, -0.2) is 10.9 Å². The molecule has 0 atom stereocenters. The van der Waals surface area contributed by atoms with Gasteiger partial charge in [0.1, 0.15) is 5.75 Å². The normalized spacial score (nSPS) is 10.7. The molecule has 82 valence electrons. The molecule has 0 heterocycles. The first-order valence-electron chi connectivity index (χ1n) is 5.40. The number of Topliss-reactive ketones (excluding diaryl/α,β-unsaturated/α-hetero) is 1. The van der Waals surface area contributed by atoms with Crippen LogP contribution in [0.1, 0.15) is 43.1 Å². The molecule has 0 fully saturated rings. The van der Waals surface area contributed by atoms with Crippen LogP contribution in [0.5, 0.6) is 5.75 Å². The van der Waals surface area contributed by atoms with Crippen LogP contribution in [-0.2, 0) is 6.42 Å². The Bertz CT molecular complexity index is 354. The summed E-state index contributed by atoms with van der Waals surface area (Å²) in [5.74, 6) is 0.505. The van der Waals surface area contributed by atoms with Gasteiger partial charge in [-0.15, -0.1) is 0 Å².